The first-order chi connectivity index (χ1) is 7.78. The van der Waals surface area contributed by atoms with Gasteiger partial charge in [0.05, 0.1) is 0 Å². The molecular formula is C12H16F3NO. The largest absolute Gasteiger partial charge is 0.573 e. The van der Waals surface area contributed by atoms with Crippen molar-refractivity contribution in [3.8, 4) is 5.75 Å². The molecule has 2 nitrogen and oxygen atoms in total. The summed E-state index contributed by atoms with van der Waals surface area (Å²) in [7, 11) is 1.96. The maximum absolute atomic E-state index is 11.9. The standard InChI is InChI=1S/C12H16F3NO/c1-9(2)16(3)8-10-4-6-11(7-5-10)17-12(13,14)15/h4-7,9H,8H2,1-3H3. The minimum absolute atomic E-state index is 0.187. The molecule has 0 radical (unpaired) electrons. The monoisotopic (exact) mass is 247 g/mol. The van der Waals surface area contributed by atoms with Crippen LogP contribution in [0.15, 0.2) is 24.3 Å². The topological polar surface area (TPSA) is 12.5 Å². The van der Waals surface area contributed by atoms with Crippen LogP contribution in [0.2, 0.25) is 0 Å². The number of rotatable bonds is 4. The second kappa shape index (κ2) is 5.40. The SMILES string of the molecule is CC(C)N(C)Cc1ccc(OC(F)(F)F)cc1. The second-order valence-electron chi connectivity index (χ2n) is 4.20. The van der Waals surface area contributed by atoms with Crippen LogP contribution in [0.5, 0.6) is 5.75 Å². The van der Waals surface area contributed by atoms with E-state index in [1.165, 1.54) is 12.1 Å². The molecule has 0 aromatic heterocycles. The Morgan fingerprint density at radius 3 is 2.12 bits per heavy atom. The zero-order valence-electron chi connectivity index (χ0n) is 10.1. The Morgan fingerprint density at radius 1 is 1.18 bits per heavy atom. The molecule has 0 aliphatic carbocycles. The fraction of sp³-hybridized carbons (Fsp3) is 0.500. The third-order valence-electron chi connectivity index (χ3n) is 2.47. The lowest BCUT2D eigenvalue weighted by molar-refractivity contribution is -0.274. The molecule has 0 bridgehead atoms. The van der Waals surface area contributed by atoms with E-state index in [2.05, 4.69) is 23.5 Å². The van der Waals surface area contributed by atoms with Gasteiger partial charge < -0.3 is 4.74 Å². The maximum Gasteiger partial charge on any atom is 0.573 e. The number of halogens is 3. The van der Waals surface area contributed by atoms with Crippen molar-refractivity contribution >= 4 is 0 Å². The zero-order chi connectivity index (χ0) is 13.1. The summed E-state index contributed by atoms with van der Waals surface area (Å²) < 4.78 is 39.6. The van der Waals surface area contributed by atoms with Crippen LogP contribution in [0.3, 0.4) is 0 Å². The van der Waals surface area contributed by atoms with Crippen LogP contribution in [0, 0.1) is 0 Å². The Kier molecular flexibility index (Phi) is 4.40. The third-order valence-corrected chi connectivity index (χ3v) is 2.47. The highest BCUT2D eigenvalue weighted by Crippen LogP contribution is 2.23. The minimum atomic E-state index is -4.63. The quantitative estimate of drug-likeness (QED) is 0.808. The number of hydrogen-bond donors (Lipinski definition) is 0. The first-order valence-corrected chi connectivity index (χ1v) is 5.33. The second-order valence-corrected chi connectivity index (χ2v) is 4.20. The van der Waals surface area contributed by atoms with E-state index in [9.17, 15) is 13.2 Å². The van der Waals surface area contributed by atoms with Gasteiger partial charge >= 0.3 is 6.36 Å². The summed E-state index contributed by atoms with van der Waals surface area (Å²) in [5.74, 6) is -0.187. The maximum atomic E-state index is 11.9. The van der Waals surface area contributed by atoms with E-state index in [1.807, 2.05) is 7.05 Å². The fourth-order valence-corrected chi connectivity index (χ4v) is 1.27. The van der Waals surface area contributed by atoms with Gasteiger partial charge in [0.15, 0.2) is 0 Å². The number of nitrogens with zero attached hydrogens (tertiary/aromatic N) is 1. The summed E-state index contributed by atoms with van der Waals surface area (Å²) >= 11 is 0. The first-order valence-electron chi connectivity index (χ1n) is 5.33. The van der Waals surface area contributed by atoms with Gasteiger partial charge in [0.2, 0.25) is 0 Å². The van der Waals surface area contributed by atoms with Gasteiger partial charge in [-0.3, -0.25) is 4.90 Å². The molecule has 17 heavy (non-hydrogen) atoms. The number of ether oxygens (including phenoxy) is 1. The van der Waals surface area contributed by atoms with Crippen LogP contribution >= 0.6 is 0 Å². The summed E-state index contributed by atoms with van der Waals surface area (Å²) in [6, 6.07) is 6.33. The average Bonchev–Trinajstić information content (AvgIpc) is 2.18. The van der Waals surface area contributed by atoms with Gasteiger partial charge in [-0.05, 0) is 38.6 Å². The van der Waals surface area contributed by atoms with Gasteiger partial charge in [-0.1, -0.05) is 12.1 Å². The average molecular weight is 247 g/mol. The molecule has 1 aromatic rings. The molecule has 0 unspecified atom stereocenters. The molecule has 0 aliphatic rings. The van der Waals surface area contributed by atoms with Crippen molar-refractivity contribution in [3.63, 3.8) is 0 Å². The molecule has 0 saturated carbocycles. The Bertz CT molecular complexity index is 346. The molecule has 1 rings (SSSR count). The Morgan fingerprint density at radius 2 is 1.71 bits per heavy atom. The minimum Gasteiger partial charge on any atom is -0.406 e. The highest BCUT2D eigenvalue weighted by molar-refractivity contribution is 5.27. The number of hydrogen-bond acceptors (Lipinski definition) is 2. The van der Waals surface area contributed by atoms with Crippen LogP contribution in [0.1, 0.15) is 19.4 Å². The smallest absolute Gasteiger partial charge is 0.406 e. The Balaban J connectivity index is 2.62. The molecule has 0 N–H and O–H groups in total. The van der Waals surface area contributed by atoms with Gasteiger partial charge in [-0.15, -0.1) is 13.2 Å². The summed E-state index contributed by atoms with van der Waals surface area (Å²) in [5.41, 5.74) is 0.954. The van der Waals surface area contributed by atoms with Crippen LogP contribution in [0.25, 0.3) is 0 Å². The molecule has 0 fully saturated rings. The van der Waals surface area contributed by atoms with Gasteiger partial charge in [-0.25, -0.2) is 0 Å². The number of benzene rings is 1. The van der Waals surface area contributed by atoms with Crippen LogP contribution in [-0.4, -0.2) is 24.4 Å². The van der Waals surface area contributed by atoms with E-state index in [0.29, 0.717) is 12.6 Å². The van der Waals surface area contributed by atoms with Crippen molar-refractivity contribution in [2.45, 2.75) is 32.8 Å². The first kappa shape index (κ1) is 13.8. The van der Waals surface area contributed by atoms with E-state index in [1.54, 1.807) is 12.1 Å². The predicted molar refractivity (Wildman–Crippen MR) is 59.7 cm³/mol. The molecule has 0 atom stereocenters. The van der Waals surface area contributed by atoms with Gasteiger partial charge in [-0.2, -0.15) is 0 Å². The van der Waals surface area contributed by atoms with E-state index in [0.717, 1.165) is 5.56 Å². The van der Waals surface area contributed by atoms with Crippen LogP contribution in [-0.2, 0) is 6.54 Å². The molecule has 1 aromatic carbocycles. The molecule has 0 aliphatic heterocycles. The van der Waals surface area contributed by atoms with Crippen LogP contribution < -0.4 is 4.74 Å². The Hall–Kier alpha value is -1.23. The van der Waals surface area contributed by atoms with Crippen molar-refractivity contribution < 1.29 is 17.9 Å². The summed E-state index contributed by atoms with van der Waals surface area (Å²) in [6.07, 6.45) is -4.63. The molecule has 5 heteroatoms. The molecule has 0 saturated heterocycles. The highest BCUT2D eigenvalue weighted by Gasteiger charge is 2.30. The van der Waals surface area contributed by atoms with E-state index >= 15 is 0 Å². The van der Waals surface area contributed by atoms with Crippen molar-refractivity contribution in [1.82, 2.24) is 4.90 Å². The van der Waals surface area contributed by atoms with E-state index < -0.39 is 6.36 Å². The Labute approximate surface area is 99.0 Å². The lowest BCUT2D eigenvalue weighted by Gasteiger charge is -2.21. The number of alkyl halides is 3. The van der Waals surface area contributed by atoms with Gasteiger partial charge in [0, 0.05) is 12.6 Å². The fourth-order valence-electron chi connectivity index (χ4n) is 1.27. The van der Waals surface area contributed by atoms with E-state index in [-0.39, 0.29) is 5.75 Å². The van der Waals surface area contributed by atoms with Crippen LogP contribution in [0.4, 0.5) is 13.2 Å². The summed E-state index contributed by atoms with van der Waals surface area (Å²) in [5, 5.41) is 0. The molecule has 0 amide bonds. The van der Waals surface area contributed by atoms with Crippen molar-refractivity contribution in [1.29, 1.82) is 0 Å². The molecule has 0 heterocycles. The van der Waals surface area contributed by atoms with Crippen molar-refractivity contribution in [2.75, 3.05) is 7.05 Å². The van der Waals surface area contributed by atoms with Gasteiger partial charge in [0.1, 0.15) is 5.75 Å². The molecule has 96 valence electrons. The molecule has 0 spiro atoms. The third kappa shape index (κ3) is 5.08. The lowest BCUT2D eigenvalue weighted by Crippen LogP contribution is -2.25. The van der Waals surface area contributed by atoms with Crippen molar-refractivity contribution in [3.05, 3.63) is 29.8 Å². The zero-order valence-corrected chi connectivity index (χ0v) is 10.1. The lowest BCUT2D eigenvalue weighted by atomic mass is 10.2. The normalized spacial score (nSPS) is 12.2. The summed E-state index contributed by atoms with van der Waals surface area (Å²) in [4.78, 5) is 2.10. The highest BCUT2D eigenvalue weighted by atomic mass is 19.4. The van der Waals surface area contributed by atoms with Gasteiger partial charge in [0.25, 0.3) is 0 Å². The van der Waals surface area contributed by atoms with Crippen molar-refractivity contribution in [2.24, 2.45) is 0 Å². The predicted octanol–water partition coefficient (Wildman–Crippen LogP) is 3.43. The summed E-state index contributed by atoms with van der Waals surface area (Å²) in [6.45, 7) is 4.81. The molecular weight excluding hydrogens is 231 g/mol. The van der Waals surface area contributed by atoms with E-state index in [4.69, 9.17) is 0 Å².